The Balaban J connectivity index is 1.83. The van der Waals surface area contributed by atoms with E-state index in [9.17, 15) is 9.59 Å². The first-order valence-electron chi connectivity index (χ1n) is 9.48. The van der Waals surface area contributed by atoms with Gasteiger partial charge in [0.25, 0.3) is 5.91 Å². The highest BCUT2D eigenvalue weighted by atomic mass is 32.2. The Morgan fingerprint density at radius 1 is 0.966 bits per heavy atom. The Kier molecular flexibility index (Phi) is 8.86. The van der Waals surface area contributed by atoms with Crippen molar-refractivity contribution in [1.82, 2.24) is 0 Å². The van der Waals surface area contributed by atoms with Crippen molar-refractivity contribution in [1.29, 1.82) is 0 Å². The van der Waals surface area contributed by atoms with Gasteiger partial charge >= 0.3 is 5.97 Å². The van der Waals surface area contributed by atoms with Gasteiger partial charge in [-0.2, -0.15) is 0 Å². The fraction of sp³-hybridized carbons (Fsp3) is 0.364. The van der Waals surface area contributed by atoms with Gasteiger partial charge in [0.05, 0.1) is 19.0 Å². The highest BCUT2D eigenvalue weighted by Crippen LogP contribution is 2.30. The lowest BCUT2D eigenvalue weighted by Crippen LogP contribution is -2.21. The van der Waals surface area contributed by atoms with Crippen LogP contribution in [0.3, 0.4) is 0 Å². The lowest BCUT2D eigenvalue weighted by molar-refractivity contribution is -0.144. The molecule has 0 aromatic heterocycles. The molecule has 0 fully saturated rings. The smallest absolute Gasteiger partial charge is 0.316 e. The number of ether oxygens (including phenoxy) is 3. The molecule has 1 N–H and O–H groups in total. The lowest BCUT2D eigenvalue weighted by Gasteiger charge is -2.13. The summed E-state index contributed by atoms with van der Waals surface area (Å²) < 4.78 is 16.1. The van der Waals surface area contributed by atoms with Gasteiger partial charge in [0.15, 0.2) is 18.1 Å². The van der Waals surface area contributed by atoms with Crippen LogP contribution in [-0.4, -0.2) is 37.4 Å². The van der Waals surface area contributed by atoms with Gasteiger partial charge in [-0.05, 0) is 51.5 Å². The largest absolute Gasteiger partial charge is 0.490 e. The van der Waals surface area contributed by atoms with Gasteiger partial charge in [-0.25, -0.2) is 0 Å². The van der Waals surface area contributed by atoms with Crippen LogP contribution in [0.4, 0.5) is 5.69 Å². The predicted molar refractivity (Wildman–Crippen MR) is 115 cm³/mol. The normalized spacial score (nSPS) is 10.3. The van der Waals surface area contributed by atoms with Crippen molar-refractivity contribution < 1.29 is 23.8 Å². The van der Waals surface area contributed by atoms with Gasteiger partial charge in [0.2, 0.25) is 0 Å². The minimum atomic E-state index is -0.437. The summed E-state index contributed by atoms with van der Waals surface area (Å²) in [5, 5.41) is 2.70. The molecule has 2 aromatic rings. The predicted octanol–water partition coefficient (Wildman–Crippen LogP) is 4.37. The molecule has 0 radical (unpaired) electrons. The maximum Gasteiger partial charge on any atom is 0.316 e. The Hall–Kier alpha value is -2.67. The zero-order valence-electron chi connectivity index (χ0n) is 17.2. The zero-order chi connectivity index (χ0) is 21.2. The van der Waals surface area contributed by atoms with Crippen LogP contribution in [0.25, 0.3) is 0 Å². The van der Waals surface area contributed by atoms with Crippen LogP contribution in [0.2, 0.25) is 0 Å². The second-order valence-corrected chi connectivity index (χ2v) is 7.31. The number of hydrogen-bond acceptors (Lipinski definition) is 6. The van der Waals surface area contributed by atoms with Crippen molar-refractivity contribution in [3.05, 3.63) is 47.5 Å². The third-order valence-corrected chi connectivity index (χ3v) is 5.01. The Bertz CT molecular complexity index is 853. The molecule has 1 amide bonds. The Labute approximate surface area is 175 Å². The third kappa shape index (κ3) is 7.34. The second kappa shape index (κ2) is 11.4. The molecule has 0 saturated heterocycles. The summed E-state index contributed by atoms with van der Waals surface area (Å²) in [6, 6.07) is 11.2. The van der Waals surface area contributed by atoms with Gasteiger partial charge in [0, 0.05) is 16.6 Å². The van der Waals surface area contributed by atoms with Crippen molar-refractivity contribution in [3.63, 3.8) is 0 Å². The van der Waals surface area contributed by atoms with Gasteiger partial charge in [0.1, 0.15) is 0 Å². The summed E-state index contributed by atoms with van der Waals surface area (Å²) in [6.45, 7) is 8.41. The van der Waals surface area contributed by atoms with Crippen molar-refractivity contribution >= 4 is 29.3 Å². The summed E-state index contributed by atoms with van der Waals surface area (Å²) in [5.41, 5.74) is 2.78. The molecule has 0 saturated carbocycles. The van der Waals surface area contributed by atoms with Crippen LogP contribution >= 0.6 is 11.8 Å². The number of nitrogens with one attached hydrogen (secondary N) is 1. The molecule has 0 aliphatic rings. The number of benzene rings is 2. The first-order valence-corrected chi connectivity index (χ1v) is 10.5. The van der Waals surface area contributed by atoms with Crippen LogP contribution < -0.4 is 14.8 Å². The molecule has 0 atom stereocenters. The van der Waals surface area contributed by atoms with Crippen LogP contribution in [0.1, 0.15) is 25.0 Å². The van der Waals surface area contributed by atoms with E-state index in [-0.39, 0.29) is 12.4 Å². The lowest BCUT2D eigenvalue weighted by atomic mass is 10.2. The number of rotatable bonds is 10. The number of thioether (sulfide) groups is 1. The zero-order valence-corrected chi connectivity index (χ0v) is 18.1. The number of hydrogen-bond donors (Lipinski definition) is 1. The fourth-order valence-corrected chi connectivity index (χ4v) is 3.43. The summed E-state index contributed by atoms with van der Waals surface area (Å²) in [5.74, 6) is 0.459. The number of carbonyl (C=O) groups excluding carboxylic acids is 2. The fourth-order valence-electron chi connectivity index (χ4n) is 2.51. The standard InChI is InChI=1S/C22H27NO5S/c1-5-26-18-10-9-17(12-19(18)27-6-2)23-21(24)13-28-22(25)14-29-20-11-15(3)7-8-16(20)4/h7-12H,5-6,13-14H2,1-4H3,(H,23,24). The highest BCUT2D eigenvalue weighted by Gasteiger charge is 2.12. The molecule has 0 aliphatic carbocycles. The summed E-state index contributed by atoms with van der Waals surface area (Å²) >= 11 is 1.40. The minimum absolute atomic E-state index is 0.148. The van der Waals surface area contributed by atoms with Crippen LogP contribution in [0.5, 0.6) is 11.5 Å². The summed E-state index contributed by atoms with van der Waals surface area (Å²) in [7, 11) is 0. The molecule has 7 heteroatoms. The van der Waals surface area contributed by atoms with Crippen molar-refractivity contribution in [2.24, 2.45) is 0 Å². The van der Waals surface area contributed by atoms with E-state index in [1.165, 1.54) is 11.8 Å². The molecule has 0 unspecified atom stereocenters. The monoisotopic (exact) mass is 417 g/mol. The SMILES string of the molecule is CCOc1ccc(NC(=O)COC(=O)CSc2cc(C)ccc2C)cc1OCC. The maximum atomic E-state index is 12.1. The maximum absolute atomic E-state index is 12.1. The average molecular weight is 418 g/mol. The molecular formula is C22H27NO5S. The number of amides is 1. The Morgan fingerprint density at radius 2 is 1.69 bits per heavy atom. The Morgan fingerprint density at radius 3 is 2.41 bits per heavy atom. The number of carbonyl (C=O) groups is 2. The van der Waals surface area contributed by atoms with E-state index in [4.69, 9.17) is 14.2 Å². The van der Waals surface area contributed by atoms with Crippen LogP contribution in [0, 0.1) is 13.8 Å². The van der Waals surface area contributed by atoms with Gasteiger partial charge in [-0.15, -0.1) is 11.8 Å². The van der Waals surface area contributed by atoms with E-state index < -0.39 is 11.9 Å². The third-order valence-electron chi connectivity index (χ3n) is 3.88. The van der Waals surface area contributed by atoms with Crippen LogP contribution in [0.15, 0.2) is 41.3 Å². The molecule has 0 spiro atoms. The topological polar surface area (TPSA) is 73.9 Å². The molecule has 2 aromatic carbocycles. The van der Waals surface area contributed by atoms with Gasteiger partial charge in [-0.1, -0.05) is 17.7 Å². The first kappa shape index (κ1) is 22.6. The average Bonchev–Trinajstić information content (AvgIpc) is 2.69. The van der Waals surface area contributed by atoms with Crippen molar-refractivity contribution in [2.45, 2.75) is 32.6 Å². The molecule has 0 aliphatic heterocycles. The minimum Gasteiger partial charge on any atom is -0.490 e. The quantitative estimate of drug-likeness (QED) is 0.457. The first-order chi connectivity index (χ1) is 13.9. The van der Waals surface area contributed by atoms with Gasteiger partial charge < -0.3 is 19.5 Å². The van der Waals surface area contributed by atoms with Crippen molar-refractivity contribution in [3.8, 4) is 11.5 Å². The number of aryl methyl sites for hydroxylation is 2. The van der Waals surface area contributed by atoms with E-state index in [2.05, 4.69) is 5.32 Å². The highest BCUT2D eigenvalue weighted by molar-refractivity contribution is 8.00. The second-order valence-electron chi connectivity index (χ2n) is 6.29. The molecule has 2 rings (SSSR count). The molecule has 0 bridgehead atoms. The number of esters is 1. The molecule has 29 heavy (non-hydrogen) atoms. The molecule has 6 nitrogen and oxygen atoms in total. The van der Waals surface area contributed by atoms with Crippen molar-refractivity contribution in [2.75, 3.05) is 30.9 Å². The summed E-state index contributed by atoms with van der Waals surface area (Å²) in [4.78, 5) is 25.1. The van der Waals surface area contributed by atoms with E-state index in [0.717, 1.165) is 16.0 Å². The van der Waals surface area contributed by atoms with Gasteiger partial charge in [-0.3, -0.25) is 9.59 Å². The van der Waals surface area contributed by atoms with Crippen LogP contribution in [-0.2, 0) is 14.3 Å². The molecular weight excluding hydrogens is 390 g/mol. The molecule has 156 valence electrons. The van der Waals surface area contributed by atoms with E-state index in [0.29, 0.717) is 30.4 Å². The van der Waals surface area contributed by atoms with E-state index in [1.807, 2.05) is 45.9 Å². The summed E-state index contributed by atoms with van der Waals surface area (Å²) in [6.07, 6.45) is 0. The number of anilines is 1. The van der Waals surface area contributed by atoms with E-state index in [1.54, 1.807) is 18.2 Å². The molecule has 0 heterocycles. The van der Waals surface area contributed by atoms with E-state index >= 15 is 0 Å².